The Morgan fingerprint density at radius 3 is 3.07 bits per heavy atom. The second-order valence-electron chi connectivity index (χ2n) is 6.57. The molecule has 4 rings (SSSR count). The largest absolute Gasteiger partial charge is 0.341 e. The van der Waals surface area contributed by atoms with Crippen molar-refractivity contribution in [2.75, 3.05) is 18.0 Å². The maximum atomic E-state index is 13.7. The third kappa shape index (κ3) is 3.29. The number of rotatable bonds is 3. The molecule has 1 fully saturated rings. The van der Waals surface area contributed by atoms with Crippen molar-refractivity contribution in [2.45, 2.75) is 25.4 Å². The zero-order chi connectivity index (χ0) is 19.0. The topological polar surface area (TPSA) is 101 Å². The molecule has 1 aliphatic rings. The third-order valence-electron chi connectivity index (χ3n) is 4.70. The van der Waals surface area contributed by atoms with Crippen LogP contribution in [-0.4, -0.2) is 33.7 Å². The van der Waals surface area contributed by atoms with E-state index in [2.05, 4.69) is 16.0 Å². The second-order valence-corrected chi connectivity index (χ2v) is 7.40. The van der Waals surface area contributed by atoms with Gasteiger partial charge in [0.1, 0.15) is 5.82 Å². The van der Waals surface area contributed by atoms with E-state index in [1.807, 2.05) is 4.90 Å². The number of halogens is 1. The van der Waals surface area contributed by atoms with Crippen molar-refractivity contribution in [1.29, 1.82) is 5.26 Å². The molecule has 1 aromatic carbocycles. The molecular formula is C18H17FN6OS. The molecule has 0 amide bonds. The summed E-state index contributed by atoms with van der Waals surface area (Å²) in [6.07, 6.45) is 1.83. The van der Waals surface area contributed by atoms with Crippen LogP contribution < -0.4 is 16.2 Å². The molecule has 138 valence electrons. The van der Waals surface area contributed by atoms with Crippen molar-refractivity contribution < 1.29 is 4.39 Å². The van der Waals surface area contributed by atoms with E-state index in [0.717, 1.165) is 19.4 Å². The van der Waals surface area contributed by atoms with Crippen LogP contribution in [0.25, 0.3) is 10.3 Å². The average Bonchev–Trinajstić information content (AvgIpc) is 3.13. The lowest BCUT2D eigenvalue weighted by Crippen LogP contribution is -2.45. The average molecular weight is 384 g/mol. The van der Waals surface area contributed by atoms with E-state index in [4.69, 9.17) is 5.73 Å². The van der Waals surface area contributed by atoms with Gasteiger partial charge in [-0.3, -0.25) is 9.36 Å². The van der Waals surface area contributed by atoms with E-state index >= 15 is 0 Å². The maximum absolute atomic E-state index is 13.7. The standard InChI is InChI=1S/C18H17FN6OS/c19-13-4-3-11(7-20)12(6-13)8-25-17(26)15-16(27-10-22-15)23-18(25)24-5-1-2-14(21)9-24/h3-4,6,10,14H,1-2,5,8-9,21H2/t14-/m1/s1. The van der Waals surface area contributed by atoms with E-state index in [1.165, 1.54) is 34.1 Å². The fourth-order valence-corrected chi connectivity index (χ4v) is 4.03. The van der Waals surface area contributed by atoms with Crippen molar-refractivity contribution in [2.24, 2.45) is 5.73 Å². The van der Waals surface area contributed by atoms with Crippen molar-refractivity contribution >= 4 is 27.6 Å². The number of aromatic nitrogens is 3. The fourth-order valence-electron chi connectivity index (χ4n) is 3.38. The van der Waals surface area contributed by atoms with Crippen LogP contribution in [0.15, 0.2) is 28.5 Å². The summed E-state index contributed by atoms with van der Waals surface area (Å²) in [7, 11) is 0. The van der Waals surface area contributed by atoms with Gasteiger partial charge in [0.2, 0.25) is 5.95 Å². The van der Waals surface area contributed by atoms with E-state index in [-0.39, 0.29) is 23.7 Å². The summed E-state index contributed by atoms with van der Waals surface area (Å²) in [5, 5.41) is 9.34. The van der Waals surface area contributed by atoms with Crippen LogP contribution in [0.2, 0.25) is 0 Å². The molecule has 7 nitrogen and oxygen atoms in total. The molecule has 2 N–H and O–H groups in total. The molecule has 0 saturated carbocycles. The molecule has 0 unspecified atom stereocenters. The minimum Gasteiger partial charge on any atom is -0.341 e. The quantitative estimate of drug-likeness (QED) is 0.739. The van der Waals surface area contributed by atoms with Crippen molar-refractivity contribution in [3.63, 3.8) is 0 Å². The van der Waals surface area contributed by atoms with Gasteiger partial charge in [0, 0.05) is 19.1 Å². The summed E-state index contributed by atoms with van der Waals surface area (Å²) >= 11 is 1.30. The Balaban J connectivity index is 1.87. The highest BCUT2D eigenvalue weighted by Gasteiger charge is 2.24. The van der Waals surface area contributed by atoms with Gasteiger partial charge < -0.3 is 10.6 Å². The number of piperidine rings is 1. The zero-order valence-corrected chi connectivity index (χ0v) is 15.2. The van der Waals surface area contributed by atoms with Crippen molar-refractivity contribution in [3.8, 4) is 6.07 Å². The Morgan fingerprint density at radius 1 is 1.44 bits per heavy atom. The van der Waals surface area contributed by atoms with Crippen LogP contribution in [-0.2, 0) is 6.54 Å². The molecular weight excluding hydrogens is 367 g/mol. The molecule has 0 aliphatic carbocycles. The van der Waals surface area contributed by atoms with E-state index in [9.17, 15) is 14.4 Å². The summed E-state index contributed by atoms with van der Waals surface area (Å²) < 4.78 is 15.2. The van der Waals surface area contributed by atoms with Crippen molar-refractivity contribution in [3.05, 3.63) is 51.0 Å². The van der Waals surface area contributed by atoms with E-state index in [0.29, 0.717) is 28.5 Å². The first-order chi connectivity index (χ1) is 13.1. The summed E-state index contributed by atoms with van der Waals surface area (Å²) in [5.41, 5.74) is 8.41. The highest BCUT2D eigenvalue weighted by atomic mass is 32.1. The lowest BCUT2D eigenvalue weighted by Gasteiger charge is -2.32. The first kappa shape index (κ1) is 17.6. The smallest absolute Gasteiger partial charge is 0.282 e. The monoisotopic (exact) mass is 384 g/mol. The fraction of sp³-hybridized carbons (Fsp3) is 0.333. The summed E-state index contributed by atoms with van der Waals surface area (Å²) in [6.45, 7) is 1.37. The molecule has 1 aliphatic heterocycles. The molecule has 27 heavy (non-hydrogen) atoms. The summed E-state index contributed by atoms with van der Waals surface area (Å²) in [4.78, 5) is 24.4. The van der Waals surface area contributed by atoms with Gasteiger partial charge in [-0.15, -0.1) is 11.3 Å². The van der Waals surface area contributed by atoms with Crippen LogP contribution in [0.4, 0.5) is 10.3 Å². The number of anilines is 1. The minimum atomic E-state index is -0.457. The van der Waals surface area contributed by atoms with Crippen LogP contribution in [0, 0.1) is 17.1 Å². The molecule has 3 aromatic rings. The normalized spacial score (nSPS) is 17.2. The molecule has 3 heterocycles. The van der Waals surface area contributed by atoms with Crippen molar-refractivity contribution in [1.82, 2.24) is 14.5 Å². The van der Waals surface area contributed by atoms with Gasteiger partial charge in [-0.1, -0.05) is 0 Å². The van der Waals surface area contributed by atoms with E-state index in [1.54, 1.807) is 5.51 Å². The lowest BCUT2D eigenvalue weighted by atomic mass is 10.1. The molecule has 9 heteroatoms. The SMILES string of the molecule is N#Cc1ccc(F)cc1Cn1c(N2CCC[C@@H](N)C2)nc2scnc2c1=O. The van der Waals surface area contributed by atoms with Gasteiger partial charge in [-0.25, -0.2) is 14.4 Å². The van der Waals surface area contributed by atoms with Gasteiger partial charge in [-0.2, -0.15) is 5.26 Å². The Hall–Kier alpha value is -2.83. The molecule has 1 atom stereocenters. The molecule has 0 radical (unpaired) electrons. The van der Waals surface area contributed by atoms with Gasteiger partial charge in [0.05, 0.1) is 23.7 Å². The Kier molecular flexibility index (Phi) is 4.59. The second kappa shape index (κ2) is 7.06. The zero-order valence-electron chi connectivity index (χ0n) is 14.4. The minimum absolute atomic E-state index is 0.00472. The highest BCUT2D eigenvalue weighted by Crippen LogP contribution is 2.22. The number of hydrogen-bond donors (Lipinski definition) is 1. The highest BCUT2D eigenvalue weighted by molar-refractivity contribution is 7.16. The van der Waals surface area contributed by atoms with Crippen LogP contribution in [0.1, 0.15) is 24.0 Å². The number of hydrogen-bond acceptors (Lipinski definition) is 7. The number of nitrogens with two attached hydrogens (primary N) is 1. The predicted molar refractivity (Wildman–Crippen MR) is 101 cm³/mol. The number of fused-ring (bicyclic) bond motifs is 1. The summed E-state index contributed by atoms with van der Waals surface area (Å²) in [6, 6.07) is 5.99. The molecule has 1 saturated heterocycles. The Labute approximate surface area is 158 Å². The third-order valence-corrected chi connectivity index (χ3v) is 5.42. The van der Waals surface area contributed by atoms with Crippen LogP contribution in [0.5, 0.6) is 0 Å². The molecule has 0 spiro atoms. The van der Waals surface area contributed by atoms with Gasteiger partial charge in [0.25, 0.3) is 5.56 Å². The van der Waals surface area contributed by atoms with Gasteiger partial charge in [0.15, 0.2) is 10.3 Å². The van der Waals surface area contributed by atoms with Crippen LogP contribution >= 0.6 is 11.3 Å². The number of nitrogens with zero attached hydrogens (tertiary/aromatic N) is 5. The number of benzene rings is 1. The predicted octanol–water partition coefficient (Wildman–Crippen LogP) is 1.84. The van der Waals surface area contributed by atoms with Crippen LogP contribution in [0.3, 0.4) is 0 Å². The first-order valence-corrected chi connectivity index (χ1v) is 9.48. The summed E-state index contributed by atoms with van der Waals surface area (Å²) in [5.74, 6) is 0.0290. The Morgan fingerprint density at radius 2 is 2.30 bits per heavy atom. The maximum Gasteiger partial charge on any atom is 0.282 e. The van der Waals surface area contributed by atoms with E-state index < -0.39 is 5.82 Å². The number of thiazole rings is 1. The Bertz CT molecular complexity index is 1100. The van der Waals surface area contributed by atoms with Gasteiger partial charge in [-0.05, 0) is 36.6 Å². The number of nitriles is 1. The first-order valence-electron chi connectivity index (χ1n) is 8.60. The van der Waals surface area contributed by atoms with Gasteiger partial charge >= 0.3 is 0 Å². The molecule has 0 bridgehead atoms. The molecule has 2 aromatic heterocycles. The lowest BCUT2D eigenvalue weighted by molar-refractivity contribution is 0.491.